The third-order valence-corrected chi connectivity index (χ3v) is 16.3. The van der Waals surface area contributed by atoms with Crippen LogP contribution in [-0.2, 0) is 38.5 Å². The predicted octanol–water partition coefficient (Wildman–Crippen LogP) is 10.4. The highest BCUT2D eigenvalue weighted by atomic mass is 32.1. The number of ether oxygens (including phenoxy) is 3. The van der Waals surface area contributed by atoms with Crippen LogP contribution >= 0.6 is 22.7 Å². The average molecular weight is 1040 g/mol. The normalized spacial score (nSPS) is 16.3. The van der Waals surface area contributed by atoms with Crippen molar-refractivity contribution in [2.75, 3.05) is 40.4 Å². The number of nitrogens with one attached hydrogen (secondary N) is 1. The number of nitrogens with two attached hydrogens (primary N) is 1. The van der Waals surface area contributed by atoms with E-state index < -0.39 is 6.09 Å². The number of nitrogens with zero attached hydrogens (tertiary/aromatic N) is 8. The second-order valence-electron chi connectivity index (χ2n) is 19.1. The quantitative estimate of drug-likeness (QED) is 0.128. The number of fused-ring (bicyclic) bond motifs is 4. The Morgan fingerprint density at radius 1 is 0.676 bits per heavy atom. The van der Waals surface area contributed by atoms with Crippen LogP contribution in [0.15, 0.2) is 89.6 Å². The lowest BCUT2D eigenvalue weighted by Gasteiger charge is -2.25. The highest BCUT2D eigenvalue weighted by Gasteiger charge is 2.28. The van der Waals surface area contributed by atoms with Gasteiger partial charge in [-0.05, 0) is 111 Å². The molecule has 2 aliphatic rings. The monoisotopic (exact) mass is 1040 g/mol. The van der Waals surface area contributed by atoms with Gasteiger partial charge in [-0.2, -0.15) is 0 Å². The van der Waals surface area contributed by atoms with Crippen LogP contribution in [0.25, 0.3) is 65.5 Å². The Morgan fingerprint density at radius 3 is 1.70 bits per heavy atom. The van der Waals surface area contributed by atoms with E-state index in [0.717, 1.165) is 103 Å². The zero-order valence-corrected chi connectivity index (χ0v) is 44.6. The Labute approximate surface area is 438 Å². The van der Waals surface area contributed by atoms with E-state index in [1.807, 2.05) is 77.0 Å². The number of methoxy groups -OCH3 is 2. The van der Waals surface area contributed by atoms with Crippen LogP contribution in [0, 0.1) is 0 Å². The minimum absolute atomic E-state index is 0.00722. The van der Waals surface area contributed by atoms with Gasteiger partial charge in [0.05, 0.1) is 36.6 Å². The minimum atomic E-state index is -0.473. The fourth-order valence-corrected chi connectivity index (χ4v) is 12.6. The summed E-state index contributed by atoms with van der Waals surface area (Å²) >= 11 is 3.46. The molecule has 0 unspecified atom stereocenters. The maximum atomic E-state index is 13.8. The molecule has 9 aromatic rings. The van der Waals surface area contributed by atoms with Crippen LogP contribution < -0.4 is 20.5 Å². The highest BCUT2D eigenvalue weighted by molar-refractivity contribution is 7.17. The molecule has 0 bridgehead atoms. The Bertz CT molecular complexity index is 3490. The van der Waals surface area contributed by atoms with E-state index in [1.165, 1.54) is 20.4 Å². The molecule has 0 spiro atoms. The van der Waals surface area contributed by atoms with Crippen LogP contribution in [0.3, 0.4) is 0 Å². The second-order valence-corrected chi connectivity index (χ2v) is 20.9. The van der Waals surface area contributed by atoms with Crippen LogP contribution in [0.1, 0.15) is 78.7 Å². The smallest absolute Gasteiger partial charge is 0.407 e. The second kappa shape index (κ2) is 21.7. The highest BCUT2D eigenvalue weighted by Crippen LogP contribution is 2.38. The van der Waals surface area contributed by atoms with Gasteiger partial charge >= 0.3 is 6.09 Å². The van der Waals surface area contributed by atoms with Crippen molar-refractivity contribution in [3.05, 3.63) is 106 Å². The molecule has 0 radical (unpaired) electrons. The number of carbonyl (C=O) groups is 3. The zero-order chi connectivity index (χ0) is 51.6. The Kier molecular flexibility index (Phi) is 14.8. The summed E-state index contributed by atoms with van der Waals surface area (Å²) in [4.78, 5) is 55.8. The van der Waals surface area contributed by atoms with E-state index in [9.17, 15) is 14.4 Å². The maximum Gasteiger partial charge on any atom is 0.407 e. The number of amides is 3. The third-order valence-electron chi connectivity index (χ3n) is 14.4. The Hall–Kier alpha value is -7.15. The van der Waals surface area contributed by atoms with E-state index in [-0.39, 0.29) is 30.5 Å². The average Bonchev–Trinajstić information content (AvgIpc) is 4.26. The number of aryl methyl sites for hydroxylation is 4. The first kappa shape index (κ1) is 50.4. The van der Waals surface area contributed by atoms with Crippen LogP contribution in [0.4, 0.5) is 4.79 Å². The number of imidazole rings is 2. The SMILES string of the molecule is CCn1c(-c2nc3cc(C(=O)N4CCCC[C@@H](N)C4)cc(OC)c3n2C)cc2ccsc21.CCn1c(-c2nc3cc(C(=O)N4CCCC[C@@H](NC(=O)OCc5ccccc5)C4)cc(OC)c3n2C)cc2ccsc21. The number of aromatic nitrogens is 6. The van der Waals surface area contributed by atoms with Crippen LogP contribution in [0.5, 0.6) is 11.5 Å². The molecule has 3 aromatic carbocycles. The molecule has 386 valence electrons. The van der Waals surface area contributed by atoms with Crippen molar-refractivity contribution in [3.63, 3.8) is 0 Å². The first-order valence-electron chi connectivity index (χ1n) is 25.5. The molecule has 3 amide bonds. The molecule has 2 saturated heterocycles. The van der Waals surface area contributed by atoms with Crippen molar-refractivity contribution in [2.24, 2.45) is 19.8 Å². The molecule has 2 atom stereocenters. The van der Waals surface area contributed by atoms with Gasteiger partial charge < -0.3 is 53.3 Å². The molecular formula is C56H64N10O6S2. The summed E-state index contributed by atoms with van der Waals surface area (Å²) in [6, 6.07) is 25.4. The largest absolute Gasteiger partial charge is 0.494 e. The number of hydrogen-bond acceptors (Lipinski definition) is 11. The number of rotatable bonds is 11. The standard InChI is InChI=1S/C32H35N5O4S.C24H29N5O2S/c1-4-37-26(17-22-13-15-42-31(22)37)29-34-25-16-23(18-27(40-3)28(25)35(29)2)30(38)36-14-9-8-12-24(19-36)33-32(39)41-20-21-10-6-5-7-11-21;1-4-29-19(12-15-8-10-32-24(15)29)22-26-18-11-16(13-20(31-3)21(18)27(22)2)23(30)28-9-6-5-7-17(25)14-28/h5-7,10-11,13,15-18,24H,4,8-9,12,14,19-20H2,1-3H3,(H,33,39);8,10-13,17H,4-7,9,14,25H2,1-3H3/t24-;17-/m11/s1. The number of carbonyl (C=O) groups excluding carboxylic acids is 3. The molecule has 8 heterocycles. The predicted molar refractivity (Wildman–Crippen MR) is 295 cm³/mol. The molecule has 2 fully saturated rings. The maximum absolute atomic E-state index is 13.8. The lowest BCUT2D eigenvalue weighted by Crippen LogP contribution is -2.44. The number of thiophene rings is 2. The fraction of sp³-hybridized carbons (Fsp3) is 0.375. The van der Waals surface area contributed by atoms with Crippen molar-refractivity contribution in [1.29, 1.82) is 0 Å². The zero-order valence-electron chi connectivity index (χ0n) is 42.9. The number of likely N-dealkylation sites (tertiary alicyclic amines) is 2. The van der Waals surface area contributed by atoms with Gasteiger partial charge in [0.25, 0.3) is 11.8 Å². The molecular weight excluding hydrogens is 973 g/mol. The summed E-state index contributed by atoms with van der Waals surface area (Å²) in [7, 11) is 7.25. The van der Waals surface area contributed by atoms with Crippen molar-refractivity contribution in [2.45, 2.75) is 84.2 Å². The molecule has 18 heteroatoms. The minimum Gasteiger partial charge on any atom is -0.494 e. The summed E-state index contributed by atoms with van der Waals surface area (Å²) < 4.78 is 25.6. The van der Waals surface area contributed by atoms with E-state index in [2.05, 4.69) is 67.9 Å². The number of benzene rings is 3. The van der Waals surface area contributed by atoms with Crippen molar-refractivity contribution in [1.82, 2.24) is 43.4 Å². The van der Waals surface area contributed by atoms with Gasteiger partial charge in [0, 0.05) is 87.3 Å². The van der Waals surface area contributed by atoms with Gasteiger partial charge in [0.15, 0.2) is 11.6 Å². The first-order chi connectivity index (χ1) is 36.0. The summed E-state index contributed by atoms with van der Waals surface area (Å²) in [6.45, 7) is 8.53. The van der Waals surface area contributed by atoms with Crippen LogP contribution in [0.2, 0.25) is 0 Å². The molecule has 0 aliphatic carbocycles. The molecule has 2 aliphatic heterocycles. The summed E-state index contributed by atoms with van der Waals surface area (Å²) in [5, 5.41) is 9.61. The molecule has 11 rings (SSSR count). The summed E-state index contributed by atoms with van der Waals surface area (Å²) in [6.07, 6.45) is 5.09. The van der Waals surface area contributed by atoms with Gasteiger partial charge in [0.1, 0.15) is 38.8 Å². The van der Waals surface area contributed by atoms with E-state index >= 15 is 0 Å². The van der Waals surface area contributed by atoms with Gasteiger partial charge in [-0.25, -0.2) is 14.8 Å². The molecule has 16 nitrogen and oxygen atoms in total. The van der Waals surface area contributed by atoms with Crippen molar-refractivity contribution in [3.8, 4) is 34.5 Å². The van der Waals surface area contributed by atoms with Gasteiger partial charge in [-0.3, -0.25) is 9.59 Å². The fourth-order valence-electron chi connectivity index (χ4n) is 10.7. The van der Waals surface area contributed by atoms with Crippen molar-refractivity contribution < 1.29 is 28.6 Å². The lowest BCUT2D eigenvalue weighted by atomic mass is 10.1. The summed E-state index contributed by atoms with van der Waals surface area (Å²) in [5.74, 6) is 2.83. The number of alkyl carbamates (subject to hydrolysis) is 1. The Morgan fingerprint density at radius 2 is 1.19 bits per heavy atom. The van der Waals surface area contributed by atoms with E-state index in [4.69, 9.17) is 29.9 Å². The molecule has 74 heavy (non-hydrogen) atoms. The number of hydrogen-bond donors (Lipinski definition) is 2. The van der Waals surface area contributed by atoms with Gasteiger partial charge in [0.2, 0.25) is 0 Å². The van der Waals surface area contributed by atoms with Crippen LogP contribution in [-0.4, -0.2) is 108 Å². The summed E-state index contributed by atoms with van der Waals surface area (Å²) in [5.41, 5.74) is 13.5. The molecule has 0 saturated carbocycles. The molecule has 3 N–H and O–H groups in total. The van der Waals surface area contributed by atoms with Gasteiger partial charge in [-0.15, -0.1) is 22.7 Å². The molecule has 6 aromatic heterocycles. The third kappa shape index (κ3) is 9.85. The van der Waals surface area contributed by atoms with Gasteiger partial charge in [-0.1, -0.05) is 36.8 Å². The Balaban J connectivity index is 0.000000175. The van der Waals surface area contributed by atoms with E-state index in [1.54, 1.807) is 43.0 Å². The van der Waals surface area contributed by atoms with Crippen molar-refractivity contribution >= 4 is 83.1 Å². The van der Waals surface area contributed by atoms with E-state index in [0.29, 0.717) is 47.8 Å². The topological polar surface area (TPSA) is 169 Å². The lowest BCUT2D eigenvalue weighted by molar-refractivity contribution is 0.0740. The first-order valence-corrected chi connectivity index (χ1v) is 27.3.